The lowest BCUT2D eigenvalue weighted by Crippen LogP contribution is -2.06. The first kappa shape index (κ1) is 10.7. The third-order valence-electron chi connectivity index (χ3n) is 2.79. The van der Waals surface area contributed by atoms with Gasteiger partial charge in [-0.25, -0.2) is 13.5 Å². The van der Waals surface area contributed by atoms with E-state index in [2.05, 4.69) is 5.10 Å². The molecule has 0 amide bonds. The zero-order chi connectivity index (χ0) is 12.7. The minimum Gasteiger partial charge on any atom is -0.397 e. The number of hydrogen-bond acceptors (Lipinski definition) is 2. The molecule has 3 aromatic rings. The van der Waals surface area contributed by atoms with E-state index in [1.165, 1.54) is 10.7 Å². The van der Waals surface area contributed by atoms with Gasteiger partial charge in [-0.3, -0.25) is 0 Å². The summed E-state index contributed by atoms with van der Waals surface area (Å²) in [6.07, 6.45) is 1.58. The van der Waals surface area contributed by atoms with Crippen molar-refractivity contribution >= 4 is 16.6 Å². The van der Waals surface area contributed by atoms with E-state index in [0.717, 1.165) is 11.5 Å². The monoisotopic (exact) mass is 245 g/mol. The van der Waals surface area contributed by atoms with Gasteiger partial charge in [-0.15, -0.1) is 0 Å². The van der Waals surface area contributed by atoms with Crippen molar-refractivity contribution in [2.45, 2.75) is 0 Å². The molecule has 1 heterocycles. The Bertz CT molecular complexity index is 734. The van der Waals surface area contributed by atoms with Crippen molar-refractivity contribution in [2.24, 2.45) is 0 Å². The Hall–Kier alpha value is -2.43. The van der Waals surface area contributed by atoms with Crippen LogP contribution in [0.5, 0.6) is 0 Å². The molecule has 0 unspecified atom stereocenters. The molecular formula is C13H9F2N3. The summed E-state index contributed by atoms with van der Waals surface area (Å²) in [5.74, 6) is -1.94. The summed E-state index contributed by atoms with van der Waals surface area (Å²) in [6, 6.07) is 9.58. The van der Waals surface area contributed by atoms with Crippen LogP contribution in [-0.2, 0) is 0 Å². The van der Waals surface area contributed by atoms with Gasteiger partial charge < -0.3 is 5.73 Å². The molecule has 0 radical (unpaired) electrons. The molecule has 2 N–H and O–H groups in total. The maximum absolute atomic E-state index is 13.8. The molecule has 0 atom stereocenters. The lowest BCUT2D eigenvalue weighted by molar-refractivity contribution is 0.503. The second-order valence-electron chi connectivity index (χ2n) is 3.91. The molecule has 5 heteroatoms. The fraction of sp³-hybridized carbons (Fsp3) is 0. The maximum Gasteiger partial charge on any atom is 0.186 e. The Morgan fingerprint density at radius 3 is 2.67 bits per heavy atom. The van der Waals surface area contributed by atoms with E-state index in [9.17, 15) is 8.78 Å². The van der Waals surface area contributed by atoms with Crippen LogP contribution in [0, 0.1) is 11.6 Å². The predicted octanol–water partition coefficient (Wildman–Crippen LogP) is 2.89. The van der Waals surface area contributed by atoms with Crippen molar-refractivity contribution in [3.05, 3.63) is 54.2 Å². The van der Waals surface area contributed by atoms with E-state index in [4.69, 9.17) is 5.73 Å². The highest BCUT2D eigenvalue weighted by molar-refractivity contribution is 5.81. The highest BCUT2D eigenvalue weighted by atomic mass is 19.2. The number of anilines is 1. The largest absolute Gasteiger partial charge is 0.397 e. The summed E-state index contributed by atoms with van der Waals surface area (Å²) in [7, 11) is 0. The van der Waals surface area contributed by atoms with Crippen molar-refractivity contribution < 1.29 is 8.78 Å². The Morgan fingerprint density at radius 2 is 1.83 bits per heavy atom. The molecule has 90 valence electrons. The van der Waals surface area contributed by atoms with E-state index in [1.54, 1.807) is 18.3 Å². The molecule has 0 saturated carbocycles. The Labute approximate surface area is 101 Å². The molecule has 0 aliphatic carbocycles. The van der Waals surface area contributed by atoms with Gasteiger partial charge >= 0.3 is 0 Å². The highest BCUT2D eigenvalue weighted by Gasteiger charge is 2.16. The van der Waals surface area contributed by atoms with Crippen molar-refractivity contribution in [3.8, 4) is 5.69 Å². The van der Waals surface area contributed by atoms with Crippen LogP contribution in [0.15, 0.2) is 42.6 Å². The highest BCUT2D eigenvalue weighted by Crippen LogP contribution is 2.26. The first-order chi connectivity index (χ1) is 8.68. The fourth-order valence-corrected chi connectivity index (χ4v) is 1.92. The molecule has 1 aromatic heterocycles. The molecule has 3 nitrogen and oxygen atoms in total. The first-order valence-corrected chi connectivity index (χ1v) is 5.35. The summed E-state index contributed by atoms with van der Waals surface area (Å²) in [5, 5.41) is 4.89. The standard InChI is InChI=1S/C13H9F2N3/c14-9-5-6-10(16)13(12(9)15)18-11-4-2-1-3-8(11)7-17-18/h1-7H,16H2. The van der Waals surface area contributed by atoms with Crippen molar-refractivity contribution in [1.82, 2.24) is 9.78 Å². The number of nitrogens with zero attached hydrogens (tertiary/aromatic N) is 2. The van der Waals surface area contributed by atoms with Gasteiger partial charge in [0.25, 0.3) is 0 Å². The summed E-state index contributed by atoms with van der Waals surface area (Å²) in [4.78, 5) is 0. The molecule has 0 aliphatic heterocycles. The van der Waals surface area contributed by atoms with Gasteiger partial charge in [-0.05, 0) is 18.2 Å². The van der Waals surface area contributed by atoms with Gasteiger partial charge in [-0.2, -0.15) is 5.10 Å². The predicted molar refractivity (Wildman–Crippen MR) is 65.4 cm³/mol. The summed E-state index contributed by atoms with van der Waals surface area (Å²) in [5.41, 5.74) is 6.46. The smallest absolute Gasteiger partial charge is 0.186 e. The second kappa shape index (κ2) is 3.80. The number of para-hydroxylation sites is 1. The van der Waals surface area contributed by atoms with Crippen LogP contribution >= 0.6 is 0 Å². The van der Waals surface area contributed by atoms with Gasteiger partial charge in [0, 0.05) is 5.39 Å². The van der Waals surface area contributed by atoms with Gasteiger partial charge in [0.2, 0.25) is 0 Å². The Balaban J connectivity index is 2.36. The van der Waals surface area contributed by atoms with Crippen LogP contribution < -0.4 is 5.73 Å². The van der Waals surface area contributed by atoms with Gasteiger partial charge in [0.15, 0.2) is 11.6 Å². The molecular weight excluding hydrogens is 236 g/mol. The lowest BCUT2D eigenvalue weighted by atomic mass is 10.2. The van der Waals surface area contributed by atoms with E-state index in [-0.39, 0.29) is 11.4 Å². The summed E-state index contributed by atoms with van der Waals surface area (Å²) in [6.45, 7) is 0. The lowest BCUT2D eigenvalue weighted by Gasteiger charge is -2.08. The molecule has 2 aromatic carbocycles. The quantitative estimate of drug-likeness (QED) is 0.670. The average Bonchev–Trinajstić information content (AvgIpc) is 2.79. The van der Waals surface area contributed by atoms with E-state index < -0.39 is 11.6 Å². The first-order valence-electron chi connectivity index (χ1n) is 5.35. The molecule has 18 heavy (non-hydrogen) atoms. The van der Waals surface area contributed by atoms with Crippen LogP contribution in [-0.4, -0.2) is 9.78 Å². The Morgan fingerprint density at radius 1 is 1.06 bits per heavy atom. The van der Waals surface area contributed by atoms with Crippen LogP contribution in [0.25, 0.3) is 16.6 Å². The third-order valence-corrected chi connectivity index (χ3v) is 2.79. The average molecular weight is 245 g/mol. The van der Waals surface area contributed by atoms with Crippen molar-refractivity contribution in [1.29, 1.82) is 0 Å². The topological polar surface area (TPSA) is 43.8 Å². The van der Waals surface area contributed by atoms with E-state index in [0.29, 0.717) is 5.52 Å². The maximum atomic E-state index is 13.8. The normalized spacial score (nSPS) is 11.0. The fourth-order valence-electron chi connectivity index (χ4n) is 1.92. The SMILES string of the molecule is Nc1ccc(F)c(F)c1-n1ncc2ccccc21. The number of halogens is 2. The van der Waals surface area contributed by atoms with Crippen LogP contribution in [0.2, 0.25) is 0 Å². The van der Waals surface area contributed by atoms with Gasteiger partial charge in [0.05, 0.1) is 17.4 Å². The zero-order valence-corrected chi connectivity index (χ0v) is 9.27. The second-order valence-corrected chi connectivity index (χ2v) is 3.91. The van der Waals surface area contributed by atoms with Crippen molar-refractivity contribution in [3.63, 3.8) is 0 Å². The minimum absolute atomic E-state index is 0.0591. The number of hydrogen-bond donors (Lipinski definition) is 1. The van der Waals surface area contributed by atoms with Crippen molar-refractivity contribution in [2.75, 3.05) is 5.73 Å². The molecule has 0 aliphatic rings. The van der Waals surface area contributed by atoms with E-state index >= 15 is 0 Å². The zero-order valence-electron chi connectivity index (χ0n) is 9.27. The van der Waals surface area contributed by atoms with Crippen LogP contribution in [0.3, 0.4) is 0 Å². The van der Waals surface area contributed by atoms with Crippen LogP contribution in [0.1, 0.15) is 0 Å². The number of aromatic nitrogens is 2. The minimum atomic E-state index is -0.996. The molecule has 0 bridgehead atoms. The number of benzene rings is 2. The molecule has 0 saturated heterocycles. The van der Waals surface area contributed by atoms with Gasteiger partial charge in [-0.1, -0.05) is 18.2 Å². The van der Waals surface area contributed by atoms with E-state index in [1.807, 2.05) is 12.1 Å². The number of rotatable bonds is 1. The number of nitrogen functional groups attached to an aromatic ring is 1. The van der Waals surface area contributed by atoms with Crippen LogP contribution in [0.4, 0.5) is 14.5 Å². The van der Waals surface area contributed by atoms with Gasteiger partial charge in [0.1, 0.15) is 5.69 Å². The molecule has 0 spiro atoms. The Kier molecular flexibility index (Phi) is 2.26. The number of nitrogens with two attached hydrogens (primary N) is 1. The summed E-state index contributed by atoms with van der Waals surface area (Å²) < 4.78 is 28.4. The molecule has 0 fully saturated rings. The summed E-state index contributed by atoms with van der Waals surface area (Å²) >= 11 is 0. The molecule has 3 rings (SSSR count). The number of fused-ring (bicyclic) bond motifs is 1. The third kappa shape index (κ3) is 1.44.